The highest BCUT2D eigenvalue weighted by Crippen LogP contribution is 2.27. The number of likely N-dealkylation sites (N-methyl/N-ethyl adjacent to an activating group) is 1. The molecule has 0 spiro atoms. The van der Waals surface area contributed by atoms with Crippen LogP contribution in [0.3, 0.4) is 0 Å². The molecule has 2 N–H and O–H groups in total. The van der Waals surface area contributed by atoms with Gasteiger partial charge in [-0.2, -0.15) is 0 Å². The van der Waals surface area contributed by atoms with Crippen molar-refractivity contribution in [3.8, 4) is 0 Å². The van der Waals surface area contributed by atoms with Crippen molar-refractivity contribution in [1.82, 2.24) is 4.90 Å². The summed E-state index contributed by atoms with van der Waals surface area (Å²) in [6.07, 6.45) is 0. The summed E-state index contributed by atoms with van der Waals surface area (Å²) in [6, 6.07) is 24.6. The van der Waals surface area contributed by atoms with Crippen molar-refractivity contribution in [2.75, 3.05) is 43.9 Å². The van der Waals surface area contributed by atoms with Crippen molar-refractivity contribution in [2.45, 2.75) is 0 Å². The summed E-state index contributed by atoms with van der Waals surface area (Å²) in [6.45, 7) is 3.67. The van der Waals surface area contributed by atoms with Crippen LogP contribution in [0.1, 0.15) is 0 Å². The molecule has 0 saturated carbocycles. The molecule has 4 rings (SSSR count). The van der Waals surface area contributed by atoms with Gasteiger partial charge in [-0.15, -0.1) is 12.4 Å². The SMILES string of the molecule is CN(CCNc1cccc2cc(Cl)ccc12)CCNc1cccc2cc(Cl)ccc12.Cl. The fraction of sp³-hybridized carbons (Fsp3) is 0.200. The van der Waals surface area contributed by atoms with E-state index in [0.717, 1.165) is 58.4 Å². The Morgan fingerprint density at radius 2 is 1.13 bits per heavy atom. The first-order chi connectivity index (χ1) is 14.6. The molecular formula is C25H26Cl3N3. The van der Waals surface area contributed by atoms with Gasteiger partial charge in [-0.3, -0.25) is 0 Å². The predicted molar refractivity (Wildman–Crippen MR) is 140 cm³/mol. The molecule has 0 bridgehead atoms. The van der Waals surface area contributed by atoms with Gasteiger partial charge >= 0.3 is 0 Å². The molecule has 0 aromatic heterocycles. The summed E-state index contributed by atoms with van der Waals surface area (Å²) in [7, 11) is 2.15. The van der Waals surface area contributed by atoms with E-state index in [1.165, 1.54) is 10.8 Å². The highest BCUT2D eigenvalue weighted by atomic mass is 35.5. The first-order valence-electron chi connectivity index (χ1n) is 10.1. The second-order valence-electron chi connectivity index (χ2n) is 7.50. The van der Waals surface area contributed by atoms with Gasteiger partial charge in [0.1, 0.15) is 0 Å². The van der Waals surface area contributed by atoms with Crippen LogP contribution in [-0.4, -0.2) is 38.1 Å². The van der Waals surface area contributed by atoms with Crippen molar-refractivity contribution < 1.29 is 0 Å². The van der Waals surface area contributed by atoms with Gasteiger partial charge in [0.25, 0.3) is 0 Å². The molecule has 0 fully saturated rings. The minimum Gasteiger partial charge on any atom is -0.383 e. The average Bonchev–Trinajstić information content (AvgIpc) is 2.73. The fourth-order valence-electron chi connectivity index (χ4n) is 3.69. The van der Waals surface area contributed by atoms with Gasteiger partial charge < -0.3 is 15.5 Å². The molecule has 0 unspecified atom stereocenters. The minimum atomic E-state index is 0. The quantitative estimate of drug-likeness (QED) is 0.283. The lowest BCUT2D eigenvalue weighted by molar-refractivity contribution is 0.361. The van der Waals surface area contributed by atoms with Gasteiger partial charge in [-0.1, -0.05) is 59.6 Å². The number of anilines is 2. The molecule has 4 aromatic carbocycles. The van der Waals surface area contributed by atoms with E-state index in [0.29, 0.717) is 0 Å². The molecule has 0 aliphatic carbocycles. The first-order valence-corrected chi connectivity index (χ1v) is 10.9. The van der Waals surface area contributed by atoms with E-state index in [1.807, 2.05) is 24.3 Å². The third-order valence-electron chi connectivity index (χ3n) is 5.30. The van der Waals surface area contributed by atoms with Crippen LogP contribution in [0.15, 0.2) is 72.8 Å². The van der Waals surface area contributed by atoms with Crippen LogP contribution < -0.4 is 10.6 Å². The molecule has 0 radical (unpaired) electrons. The molecule has 3 nitrogen and oxygen atoms in total. The first kappa shape index (κ1) is 23.5. The van der Waals surface area contributed by atoms with Crippen LogP contribution in [0.25, 0.3) is 21.5 Å². The molecule has 0 aliphatic rings. The molecular weight excluding hydrogens is 449 g/mol. The topological polar surface area (TPSA) is 27.3 Å². The van der Waals surface area contributed by atoms with Crippen molar-refractivity contribution in [1.29, 1.82) is 0 Å². The number of hydrogen-bond acceptors (Lipinski definition) is 3. The third-order valence-corrected chi connectivity index (χ3v) is 5.77. The van der Waals surface area contributed by atoms with Crippen molar-refractivity contribution >= 4 is 68.5 Å². The van der Waals surface area contributed by atoms with Crippen LogP contribution in [0, 0.1) is 0 Å². The Kier molecular flexibility index (Phi) is 8.28. The molecule has 0 amide bonds. The molecule has 0 saturated heterocycles. The Hall–Kier alpha value is -2.17. The summed E-state index contributed by atoms with van der Waals surface area (Å²) in [5, 5.41) is 13.3. The molecule has 4 aromatic rings. The van der Waals surface area contributed by atoms with Gasteiger partial charge in [-0.25, -0.2) is 0 Å². The molecule has 6 heteroatoms. The zero-order valence-electron chi connectivity index (χ0n) is 17.4. The Balaban J connectivity index is 0.00000272. The third kappa shape index (κ3) is 5.96. The number of hydrogen-bond donors (Lipinski definition) is 2. The fourth-order valence-corrected chi connectivity index (χ4v) is 4.05. The van der Waals surface area contributed by atoms with Gasteiger partial charge in [0.2, 0.25) is 0 Å². The van der Waals surface area contributed by atoms with Crippen LogP contribution in [0.2, 0.25) is 10.0 Å². The van der Waals surface area contributed by atoms with Crippen molar-refractivity contribution in [3.63, 3.8) is 0 Å². The molecule has 162 valence electrons. The van der Waals surface area contributed by atoms with E-state index < -0.39 is 0 Å². The number of nitrogens with one attached hydrogen (secondary N) is 2. The van der Waals surface area contributed by atoms with E-state index in [1.54, 1.807) is 0 Å². The summed E-state index contributed by atoms with van der Waals surface area (Å²) in [5.74, 6) is 0. The summed E-state index contributed by atoms with van der Waals surface area (Å²) in [5.41, 5.74) is 2.29. The van der Waals surface area contributed by atoms with Crippen molar-refractivity contribution in [2.24, 2.45) is 0 Å². The van der Waals surface area contributed by atoms with E-state index in [9.17, 15) is 0 Å². The Morgan fingerprint density at radius 1 is 0.677 bits per heavy atom. The number of nitrogens with zero attached hydrogens (tertiary/aromatic N) is 1. The van der Waals surface area contributed by atoms with Gasteiger partial charge in [0.15, 0.2) is 0 Å². The van der Waals surface area contributed by atoms with Gasteiger partial charge in [-0.05, 0) is 54.2 Å². The normalized spacial score (nSPS) is 11.0. The highest BCUT2D eigenvalue weighted by Gasteiger charge is 2.04. The maximum Gasteiger partial charge on any atom is 0.0420 e. The second-order valence-corrected chi connectivity index (χ2v) is 8.37. The zero-order chi connectivity index (χ0) is 20.9. The van der Waals surface area contributed by atoms with Crippen molar-refractivity contribution in [3.05, 3.63) is 82.8 Å². The Morgan fingerprint density at radius 3 is 1.58 bits per heavy atom. The monoisotopic (exact) mass is 473 g/mol. The van der Waals surface area contributed by atoms with Gasteiger partial charge in [0, 0.05) is 58.4 Å². The average molecular weight is 475 g/mol. The lowest BCUT2D eigenvalue weighted by Crippen LogP contribution is -2.29. The maximum absolute atomic E-state index is 6.11. The van der Waals surface area contributed by atoms with Gasteiger partial charge in [0.05, 0.1) is 0 Å². The zero-order valence-corrected chi connectivity index (χ0v) is 19.7. The molecule has 0 heterocycles. The molecule has 0 aliphatic heterocycles. The highest BCUT2D eigenvalue weighted by molar-refractivity contribution is 6.31. The maximum atomic E-state index is 6.11. The number of rotatable bonds is 8. The number of fused-ring (bicyclic) bond motifs is 2. The summed E-state index contributed by atoms with van der Waals surface area (Å²) in [4.78, 5) is 2.32. The minimum absolute atomic E-state index is 0. The summed E-state index contributed by atoms with van der Waals surface area (Å²) >= 11 is 12.2. The Bertz CT molecular complexity index is 1070. The van der Waals surface area contributed by atoms with Crippen LogP contribution in [0.4, 0.5) is 11.4 Å². The standard InChI is InChI=1S/C25H25Cl2N3.ClH/c1-30(14-12-28-24-6-2-4-18-16-20(26)8-10-22(18)24)15-13-29-25-7-3-5-19-17-21(27)9-11-23(19)25;/h2-11,16-17,28-29H,12-15H2,1H3;1H. The van der Waals surface area contributed by atoms with E-state index >= 15 is 0 Å². The molecule has 31 heavy (non-hydrogen) atoms. The largest absolute Gasteiger partial charge is 0.383 e. The van der Waals surface area contributed by atoms with Crippen LogP contribution in [0.5, 0.6) is 0 Å². The van der Waals surface area contributed by atoms with E-state index in [4.69, 9.17) is 23.2 Å². The number of halogens is 3. The van der Waals surface area contributed by atoms with E-state index in [2.05, 4.69) is 71.1 Å². The van der Waals surface area contributed by atoms with Crippen LogP contribution in [-0.2, 0) is 0 Å². The lowest BCUT2D eigenvalue weighted by Gasteiger charge is -2.19. The smallest absolute Gasteiger partial charge is 0.0420 e. The van der Waals surface area contributed by atoms with E-state index in [-0.39, 0.29) is 12.4 Å². The molecule has 0 atom stereocenters. The van der Waals surface area contributed by atoms with Crippen LogP contribution >= 0.6 is 35.6 Å². The lowest BCUT2D eigenvalue weighted by atomic mass is 10.1. The summed E-state index contributed by atoms with van der Waals surface area (Å²) < 4.78 is 0. The second kappa shape index (κ2) is 10.9. The Labute approximate surface area is 199 Å². The predicted octanol–water partition coefficient (Wildman–Crippen LogP) is 7.18. The number of benzene rings is 4.